The van der Waals surface area contributed by atoms with Gasteiger partial charge < -0.3 is 16.0 Å². The lowest BCUT2D eigenvalue weighted by Crippen LogP contribution is -2.22. The molecule has 0 saturated carbocycles. The molecule has 0 spiro atoms. The summed E-state index contributed by atoms with van der Waals surface area (Å²) in [6, 6.07) is 7.09. The van der Waals surface area contributed by atoms with Gasteiger partial charge in [-0.15, -0.1) is 0 Å². The van der Waals surface area contributed by atoms with E-state index in [0.29, 0.717) is 24.3 Å². The molecule has 1 rings (SSSR count). The van der Waals surface area contributed by atoms with Crippen molar-refractivity contribution in [2.75, 3.05) is 23.7 Å². The number of nitrogens with one attached hydrogen (secondary N) is 3. The largest absolute Gasteiger partial charge is 0.326 e. The number of rotatable bonds is 7. The van der Waals surface area contributed by atoms with Crippen molar-refractivity contribution in [2.45, 2.75) is 26.7 Å². The summed E-state index contributed by atoms with van der Waals surface area (Å²) < 4.78 is 0. The standard InChI is InChI=1S/C14H21N3O2/c1-3-8-15-9-7-14(19)17-13-6-4-5-12(10-13)16-11(2)18/h4-6,10,15H,3,7-9H2,1-2H3,(H,16,18)(H,17,19). The SMILES string of the molecule is CCCNCCC(=O)Nc1cccc(NC(C)=O)c1. The molecule has 0 unspecified atom stereocenters. The van der Waals surface area contributed by atoms with Crippen LogP contribution in [0.5, 0.6) is 0 Å². The number of carbonyl (C=O) groups is 2. The molecule has 3 N–H and O–H groups in total. The quantitative estimate of drug-likeness (QED) is 0.659. The molecule has 19 heavy (non-hydrogen) atoms. The van der Waals surface area contributed by atoms with E-state index >= 15 is 0 Å². The van der Waals surface area contributed by atoms with Crippen LogP contribution in [0.4, 0.5) is 11.4 Å². The molecule has 0 atom stereocenters. The van der Waals surface area contributed by atoms with Crippen molar-refractivity contribution >= 4 is 23.2 Å². The Morgan fingerprint density at radius 2 is 1.79 bits per heavy atom. The van der Waals surface area contributed by atoms with E-state index in [1.54, 1.807) is 24.3 Å². The lowest BCUT2D eigenvalue weighted by atomic mass is 10.2. The average molecular weight is 263 g/mol. The number of benzene rings is 1. The highest BCUT2D eigenvalue weighted by Crippen LogP contribution is 2.15. The molecule has 0 radical (unpaired) electrons. The van der Waals surface area contributed by atoms with E-state index in [0.717, 1.165) is 13.0 Å². The van der Waals surface area contributed by atoms with Crippen LogP contribution in [0, 0.1) is 0 Å². The highest BCUT2D eigenvalue weighted by molar-refractivity contribution is 5.93. The summed E-state index contributed by atoms with van der Waals surface area (Å²) in [5, 5.41) is 8.65. The van der Waals surface area contributed by atoms with Crippen molar-refractivity contribution in [3.8, 4) is 0 Å². The first-order valence-corrected chi connectivity index (χ1v) is 6.50. The fraction of sp³-hybridized carbons (Fsp3) is 0.429. The van der Waals surface area contributed by atoms with Gasteiger partial charge in [0, 0.05) is 31.3 Å². The summed E-state index contributed by atoms with van der Waals surface area (Å²) in [5.41, 5.74) is 1.36. The van der Waals surface area contributed by atoms with Gasteiger partial charge in [0.25, 0.3) is 0 Å². The van der Waals surface area contributed by atoms with E-state index in [-0.39, 0.29) is 11.8 Å². The Morgan fingerprint density at radius 3 is 2.42 bits per heavy atom. The summed E-state index contributed by atoms with van der Waals surface area (Å²) >= 11 is 0. The van der Waals surface area contributed by atoms with Gasteiger partial charge >= 0.3 is 0 Å². The van der Waals surface area contributed by atoms with Gasteiger partial charge in [0.15, 0.2) is 0 Å². The first-order chi connectivity index (χ1) is 9.11. The van der Waals surface area contributed by atoms with Gasteiger partial charge in [0.1, 0.15) is 0 Å². The van der Waals surface area contributed by atoms with Crippen LogP contribution in [0.1, 0.15) is 26.7 Å². The van der Waals surface area contributed by atoms with Crippen LogP contribution in [-0.2, 0) is 9.59 Å². The summed E-state index contributed by atoms with van der Waals surface area (Å²) in [6.07, 6.45) is 1.49. The molecule has 2 amide bonds. The molecule has 0 aromatic heterocycles. The Morgan fingerprint density at radius 1 is 1.11 bits per heavy atom. The maximum absolute atomic E-state index is 11.7. The maximum Gasteiger partial charge on any atom is 0.225 e. The van der Waals surface area contributed by atoms with Crippen LogP contribution in [0.3, 0.4) is 0 Å². The summed E-state index contributed by atoms with van der Waals surface area (Å²) in [6.45, 7) is 5.13. The number of amides is 2. The number of hydrogen-bond acceptors (Lipinski definition) is 3. The zero-order valence-corrected chi connectivity index (χ0v) is 11.5. The fourth-order valence-electron chi connectivity index (χ4n) is 1.61. The van der Waals surface area contributed by atoms with E-state index in [9.17, 15) is 9.59 Å². The fourth-order valence-corrected chi connectivity index (χ4v) is 1.61. The van der Waals surface area contributed by atoms with Crippen LogP contribution in [0.25, 0.3) is 0 Å². The van der Waals surface area contributed by atoms with Crippen molar-refractivity contribution in [1.82, 2.24) is 5.32 Å². The molecule has 0 aliphatic carbocycles. The third-order valence-electron chi connectivity index (χ3n) is 2.42. The van der Waals surface area contributed by atoms with Crippen LogP contribution < -0.4 is 16.0 Å². The van der Waals surface area contributed by atoms with Gasteiger partial charge in [-0.25, -0.2) is 0 Å². The molecule has 5 heteroatoms. The molecule has 0 saturated heterocycles. The molecular weight excluding hydrogens is 242 g/mol. The number of carbonyl (C=O) groups excluding carboxylic acids is 2. The lowest BCUT2D eigenvalue weighted by Gasteiger charge is -2.08. The number of anilines is 2. The summed E-state index contributed by atoms with van der Waals surface area (Å²) in [4.78, 5) is 22.6. The second kappa shape index (κ2) is 8.26. The highest BCUT2D eigenvalue weighted by Gasteiger charge is 2.03. The van der Waals surface area contributed by atoms with Gasteiger partial charge in [-0.2, -0.15) is 0 Å². The second-order valence-corrected chi connectivity index (χ2v) is 4.31. The third kappa shape index (κ3) is 6.57. The zero-order valence-electron chi connectivity index (χ0n) is 11.5. The van der Waals surface area contributed by atoms with Gasteiger partial charge in [-0.1, -0.05) is 13.0 Å². The van der Waals surface area contributed by atoms with E-state index in [4.69, 9.17) is 0 Å². The molecule has 104 valence electrons. The van der Waals surface area contributed by atoms with E-state index < -0.39 is 0 Å². The van der Waals surface area contributed by atoms with Crippen molar-refractivity contribution < 1.29 is 9.59 Å². The molecule has 0 bridgehead atoms. The Kier molecular flexibility index (Phi) is 6.60. The second-order valence-electron chi connectivity index (χ2n) is 4.31. The molecule has 0 aliphatic heterocycles. The molecule has 0 aliphatic rings. The Hall–Kier alpha value is -1.88. The molecular formula is C14H21N3O2. The first-order valence-electron chi connectivity index (χ1n) is 6.50. The summed E-state index contributed by atoms with van der Waals surface area (Å²) in [7, 11) is 0. The Balaban J connectivity index is 2.43. The van der Waals surface area contributed by atoms with Crippen LogP contribution >= 0.6 is 0 Å². The zero-order chi connectivity index (χ0) is 14.1. The van der Waals surface area contributed by atoms with Crippen molar-refractivity contribution in [1.29, 1.82) is 0 Å². The topological polar surface area (TPSA) is 70.2 Å². The van der Waals surface area contributed by atoms with Crippen molar-refractivity contribution in [3.05, 3.63) is 24.3 Å². The minimum Gasteiger partial charge on any atom is -0.326 e. The van der Waals surface area contributed by atoms with Crippen LogP contribution in [-0.4, -0.2) is 24.9 Å². The average Bonchev–Trinajstić information content (AvgIpc) is 2.34. The minimum absolute atomic E-state index is 0.0384. The van der Waals surface area contributed by atoms with Crippen LogP contribution in [0.15, 0.2) is 24.3 Å². The van der Waals surface area contributed by atoms with Gasteiger partial charge in [-0.3, -0.25) is 9.59 Å². The minimum atomic E-state index is -0.132. The predicted molar refractivity (Wildman–Crippen MR) is 77.2 cm³/mol. The van der Waals surface area contributed by atoms with E-state index in [2.05, 4.69) is 22.9 Å². The Labute approximate surface area is 113 Å². The smallest absolute Gasteiger partial charge is 0.225 e. The number of hydrogen-bond donors (Lipinski definition) is 3. The molecule has 1 aromatic carbocycles. The highest BCUT2D eigenvalue weighted by atomic mass is 16.2. The van der Waals surface area contributed by atoms with Gasteiger partial charge in [-0.05, 0) is 31.2 Å². The van der Waals surface area contributed by atoms with Crippen molar-refractivity contribution in [3.63, 3.8) is 0 Å². The lowest BCUT2D eigenvalue weighted by molar-refractivity contribution is -0.116. The molecule has 0 heterocycles. The molecule has 1 aromatic rings. The Bertz CT molecular complexity index is 432. The third-order valence-corrected chi connectivity index (χ3v) is 2.42. The normalized spacial score (nSPS) is 10.0. The molecule has 0 fully saturated rings. The van der Waals surface area contributed by atoms with Gasteiger partial charge in [0.2, 0.25) is 11.8 Å². The van der Waals surface area contributed by atoms with Crippen LogP contribution in [0.2, 0.25) is 0 Å². The summed E-state index contributed by atoms with van der Waals surface area (Å²) in [5.74, 6) is -0.171. The first kappa shape index (κ1) is 15.2. The molecule has 5 nitrogen and oxygen atoms in total. The van der Waals surface area contributed by atoms with E-state index in [1.165, 1.54) is 6.92 Å². The van der Waals surface area contributed by atoms with E-state index in [1.807, 2.05) is 0 Å². The maximum atomic E-state index is 11.7. The van der Waals surface area contributed by atoms with Gasteiger partial charge in [0.05, 0.1) is 0 Å². The van der Waals surface area contributed by atoms with Crippen molar-refractivity contribution in [2.24, 2.45) is 0 Å². The monoisotopic (exact) mass is 263 g/mol. The predicted octanol–water partition coefficient (Wildman–Crippen LogP) is 1.97.